The molecule has 2 aliphatic heterocycles. The molecule has 2 aliphatic rings. The molecule has 0 saturated carbocycles. The maximum absolute atomic E-state index is 12.9. The zero-order chi connectivity index (χ0) is 45.4. The van der Waals surface area contributed by atoms with Crippen LogP contribution < -0.4 is 0 Å². The maximum Gasteiger partial charge on any atom is 0.306 e. The lowest BCUT2D eigenvalue weighted by molar-refractivity contribution is -0.332. The molecule has 0 aromatic rings. The number of carbonyl (C=O) groups excluding carboxylic acids is 2. The van der Waals surface area contributed by atoms with E-state index in [0.29, 0.717) is 12.8 Å². The van der Waals surface area contributed by atoms with Crippen LogP contribution in [0.4, 0.5) is 0 Å². The number of aliphatic hydroxyl groups excluding tert-OH is 7. The van der Waals surface area contributed by atoms with Gasteiger partial charge in [-0.05, 0) is 44.9 Å². The van der Waals surface area contributed by atoms with Crippen molar-refractivity contribution in [2.24, 2.45) is 0 Å². The average molecular weight is 887 g/mol. The highest BCUT2D eigenvalue weighted by Gasteiger charge is 2.47. The minimum atomic E-state index is -1.76. The number of hydrogen-bond acceptors (Lipinski definition) is 15. The molecular formula is C47H82O15. The Hall–Kier alpha value is -2.28. The molecule has 0 radical (unpaired) electrons. The molecule has 0 amide bonds. The van der Waals surface area contributed by atoms with Gasteiger partial charge in [0.25, 0.3) is 0 Å². The summed E-state index contributed by atoms with van der Waals surface area (Å²) in [4.78, 5) is 25.6. The van der Waals surface area contributed by atoms with E-state index in [1.165, 1.54) is 44.9 Å². The Labute approximate surface area is 370 Å². The molecule has 62 heavy (non-hydrogen) atoms. The molecule has 15 nitrogen and oxygen atoms in total. The van der Waals surface area contributed by atoms with Gasteiger partial charge in [-0.3, -0.25) is 9.59 Å². The molecule has 0 spiro atoms. The summed E-state index contributed by atoms with van der Waals surface area (Å²) >= 11 is 0. The summed E-state index contributed by atoms with van der Waals surface area (Å²) in [7, 11) is 0. The lowest BCUT2D eigenvalue weighted by atomic mass is 9.98. The van der Waals surface area contributed by atoms with E-state index in [0.717, 1.165) is 70.6 Å². The first kappa shape index (κ1) is 55.9. The second-order valence-corrected chi connectivity index (χ2v) is 16.6. The van der Waals surface area contributed by atoms with E-state index < -0.39 is 92.7 Å². The first-order chi connectivity index (χ1) is 30.0. The maximum atomic E-state index is 12.9. The van der Waals surface area contributed by atoms with E-state index >= 15 is 0 Å². The Morgan fingerprint density at radius 3 is 1.60 bits per heavy atom. The number of unbranched alkanes of at least 4 members (excludes halogenated alkanes) is 15. The van der Waals surface area contributed by atoms with Crippen LogP contribution in [0.3, 0.4) is 0 Å². The lowest BCUT2D eigenvalue weighted by Crippen LogP contribution is -2.61. The van der Waals surface area contributed by atoms with Crippen molar-refractivity contribution in [2.75, 3.05) is 26.4 Å². The van der Waals surface area contributed by atoms with Gasteiger partial charge in [0.05, 0.1) is 19.8 Å². The summed E-state index contributed by atoms with van der Waals surface area (Å²) in [6, 6.07) is 0. The van der Waals surface area contributed by atoms with Gasteiger partial charge in [0.2, 0.25) is 0 Å². The van der Waals surface area contributed by atoms with Gasteiger partial charge >= 0.3 is 11.9 Å². The highest BCUT2D eigenvalue weighted by Crippen LogP contribution is 2.26. The molecule has 15 heteroatoms. The highest BCUT2D eigenvalue weighted by atomic mass is 16.7. The fraction of sp³-hybridized carbons (Fsp3) is 0.830. The van der Waals surface area contributed by atoms with Crippen LogP contribution in [0.1, 0.15) is 155 Å². The van der Waals surface area contributed by atoms with Crippen molar-refractivity contribution in [3.63, 3.8) is 0 Å². The predicted octanol–water partition coefficient (Wildman–Crippen LogP) is 5.37. The highest BCUT2D eigenvalue weighted by molar-refractivity contribution is 5.70. The van der Waals surface area contributed by atoms with Crippen molar-refractivity contribution in [3.05, 3.63) is 36.5 Å². The molecule has 2 saturated heterocycles. The zero-order valence-electron chi connectivity index (χ0n) is 37.6. The topological polar surface area (TPSA) is 231 Å². The smallest absolute Gasteiger partial charge is 0.306 e. The molecular weight excluding hydrogens is 805 g/mol. The van der Waals surface area contributed by atoms with Crippen molar-refractivity contribution in [3.8, 4) is 0 Å². The summed E-state index contributed by atoms with van der Waals surface area (Å²) in [5.41, 5.74) is 0. The van der Waals surface area contributed by atoms with Crippen LogP contribution in [0, 0.1) is 0 Å². The first-order valence-corrected chi connectivity index (χ1v) is 23.6. The van der Waals surface area contributed by atoms with Gasteiger partial charge in [-0.15, -0.1) is 0 Å². The van der Waals surface area contributed by atoms with Gasteiger partial charge in [-0.2, -0.15) is 0 Å². The van der Waals surface area contributed by atoms with Crippen LogP contribution in [0.25, 0.3) is 0 Å². The minimum absolute atomic E-state index is 0.163. The fourth-order valence-corrected chi connectivity index (χ4v) is 7.23. The molecule has 0 bridgehead atoms. The molecule has 0 aliphatic carbocycles. The van der Waals surface area contributed by atoms with Crippen LogP contribution in [-0.4, -0.2) is 142 Å². The molecule has 360 valence electrons. The Kier molecular flexibility index (Phi) is 31.6. The monoisotopic (exact) mass is 887 g/mol. The number of carbonyl (C=O) groups is 2. The van der Waals surface area contributed by atoms with E-state index in [-0.39, 0.29) is 26.1 Å². The van der Waals surface area contributed by atoms with Gasteiger partial charge in [0.15, 0.2) is 18.7 Å². The summed E-state index contributed by atoms with van der Waals surface area (Å²) in [5, 5.41) is 71.9. The minimum Gasteiger partial charge on any atom is -0.462 e. The molecule has 0 aromatic heterocycles. The Morgan fingerprint density at radius 1 is 0.532 bits per heavy atom. The quantitative estimate of drug-likeness (QED) is 0.0241. The average Bonchev–Trinajstić information content (AvgIpc) is 3.26. The number of aliphatic hydroxyl groups is 7. The number of ether oxygens (including phenoxy) is 6. The zero-order valence-corrected chi connectivity index (χ0v) is 37.6. The Balaban J connectivity index is 1.84. The fourth-order valence-electron chi connectivity index (χ4n) is 7.23. The Bertz CT molecular complexity index is 1230. The second kappa shape index (κ2) is 35.0. The number of rotatable bonds is 35. The predicted molar refractivity (Wildman–Crippen MR) is 234 cm³/mol. The molecule has 7 N–H and O–H groups in total. The Morgan fingerprint density at radius 2 is 1.02 bits per heavy atom. The van der Waals surface area contributed by atoms with E-state index in [4.69, 9.17) is 28.4 Å². The third-order valence-corrected chi connectivity index (χ3v) is 11.1. The number of esters is 2. The molecule has 2 fully saturated rings. The van der Waals surface area contributed by atoms with Crippen LogP contribution in [0.5, 0.6) is 0 Å². The molecule has 2 heterocycles. The van der Waals surface area contributed by atoms with E-state index in [1.807, 2.05) is 0 Å². The summed E-state index contributed by atoms with van der Waals surface area (Å²) in [6.07, 6.45) is 17.6. The largest absolute Gasteiger partial charge is 0.462 e. The van der Waals surface area contributed by atoms with Crippen LogP contribution in [-0.2, 0) is 38.0 Å². The second-order valence-electron chi connectivity index (χ2n) is 16.6. The van der Waals surface area contributed by atoms with E-state index in [2.05, 4.69) is 50.3 Å². The van der Waals surface area contributed by atoms with Crippen molar-refractivity contribution in [1.29, 1.82) is 0 Å². The van der Waals surface area contributed by atoms with Crippen molar-refractivity contribution < 1.29 is 73.8 Å². The van der Waals surface area contributed by atoms with Gasteiger partial charge in [0.1, 0.15) is 55.4 Å². The lowest BCUT2D eigenvalue weighted by Gasteiger charge is -2.42. The van der Waals surface area contributed by atoms with Crippen LogP contribution >= 0.6 is 0 Å². The van der Waals surface area contributed by atoms with Gasteiger partial charge < -0.3 is 64.2 Å². The third kappa shape index (κ3) is 23.6. The van der Waals surface area contributed by atoms with Gasteiger partial charge in [-0.1, -0.05) is 134 Å². The number of hydrogen-bond donors (Lipinski definition) is 7. The van der Waals surface area contributed by atoms with Crippen molar-refractivity contribution in [2.45, 2.75) is 223 Å². The molecule has 2 rings (SSSR count). The summed E-state index contributed by atoms with van der Waals surface area (Å²) in [5.74, 6) is -0.946. The van der Waals surface area contributed by atoms with Gasteiger partial charge in [0, 0.05) is 12.8 Å². The SMILES string of the molecule is CC/C=C\C/C=C\C/C=C\CCCCCCCC(=O)OC[C@H](COC1OC(COC2OC(CO)C(O)C(O)C2O)C(O)C(O)C1O)OC(=O)CCCCCCCCCCCCC. The van der Waals surface area contributed by atoms with E-state index in [1.54, 1.807) is 0 Å². The summed E-state index contributed by atoms with van der Waals surface area (Å²) in [6.45, 7) is 2.43. The van der Waals surface area contributed by atoms with Crippen molar-refractivity contribution >= 4 is 11.9 Å². The van der Waals surface area contributed by atoms with Crippen LogP contribution in [0.15, 0.2) is 36.5 Å². The van der Waals surface area contributed by atoms with Crippen molar-refractivity contribution in [1.82, 2.24) is 0 Å². The molecule has 10 unspecified atom stereocenters. The first-order valence-electron chi connectivity index (χ1n) is 23.6. The van der Waals surface area contributed by atoms with Crippen LogP contribution in [0.2, 0.25) is 0 Å². The van der Waals surface area contributed by atoms with Gasteiger partial charge in [-0.25, -0.2) is 0 Å². The van der Waals surface area contributed by atoms with E-state index in [9.17, 15) is 45.3 Å². The number of allylic oxidation sites excluding steroid dienone is 6. The standard InChI is InChI=1S/C47H82O15/c1-3-5-7-9-11-13-15-16-17-18-20-21-23-25-27-29-38(49)57-32-35(60-39(50)30-28-26-24-22-19-14-12-10-8-6-4-2)33-58-46-45(56)43(54)41(52)37(62-46)34-59-47-44(55)42(53)40(51)36(31-48)61-47/h5,7,11,13,16-17,35-37,40-48,51-56H,3-4,6,8-10,12,14-15,18-34H2,1-2H3/b7-5-,13-11-,17-16-/t35-,36?,37?,40?,41?,42?,43?,44?,45?,46?,47?/m1/s1. The third-order valence-electron chi connectivity index (χ3n) is 11.1. The normalized spacial score (nSPS) is 27.4. The summed E-state index contributed by atoms with van der Waals surface area (Å²) < 4.78 is 33.4. The molecule has 0 aromatic carbocycles. The molecule has 11 atom stereocenters.